The number of hydrogen-bond acceptors (Lipinski definition) is 5. The van der Waals surface area contributed by atoms with Crippen LogP contribution in [0.25, 0.3) is 16.7 Å². The lowest BCUT2D eigenvalue weighted by Crippen LogP contribution is -2.41. The molecule has 1 aliphatic rings. The van der Waals surface area contributed by atoms with Crippen molar-refractivity contribution < 1.29 is 13.8 Å². The molecule has 1 aliphatic heterocycles. The van der Waals surface area contributed by atoms with E-state index in [-0.39, 0.29) is 5.69 Å². The zero-order valence-electron chi connectivity index (χ0n) is 15.8. The van der Waals surface area contributed by atoms with Crippen molar-refractivity contribution >= 4 is 23.6 Å². The Morgan fingerprint density at radius 3 is 2.35 bits per heavy atom. The number of aromatic nitrogens is 3. The van der Waals surface area contributed by atoms with Crippen molar-refractivity contribution in [3.63, 3.8) is 0 Å². The highest BCUT2D eigenvalue weighted by Gasteiger charge is 2.52. The number of aromatic amines is 1. The van der Waals surface area contributed by atoms with Crippen molar-refractivity contribution in [3.8, 4) is 5.69 Å². The van der Waals surface area contributed by atoms with Crippen LogP contribution < -0.4 is 11.2 Å². The largest absolute Gasteiger partial charge is 0.497 e. The van der Waals surface area contributed by atoms with E-state index in [9.17, 15) is 4.79 Å². The van der Waals surface area contributed by atoms with E-state index in [4.69, 9.17) is 13.8 Å². The zero-order chi connectivity index (χ0) is 18.9. The Morgan fingerprint density at radius 1 is 1.12 bits per heavy atom. The van der Waals surface area contributed by atoms with E-state index >= 15 is 0 Å². The summed E-state index contributed by atoms with van der Waals surface area (Å²) in [4.78, 5) is 15.7. The molecule has 2 aromatic heterocycles. The zero-order valence-corrected chi connectivity index (χ0v) is 15.8. The number of fused-ring (bicyclic) bond motifs is 1. The highest BCUT2D eigenvalue weighted by molar-refractivity contribution is 6.64. The molecule has 3 aromatic rings. The van der Waals surface area contributed by atoms with Crippen molar-refractivity contribution in [1.82, 2.24) is 14.7 Å². The third-order valence-electron chi connectivity index (χ3n) is 5.48. The molecule has 7 nitrogen and oxygen atoms in total. The first-order chi connectivity index (χ1) is 12.1. The van der Waals surface area contributed by atoms with Crippen molar-refractivity contribution in [2.24, 2.45) is 0 Å². The van der Waals surface area contributed by atoms with Gasteiger partial charge in [0.25, 0.3) is 0 Å². The Labute approximate surface area is 151 Å². The molecule has 0 bridgehead atoms. The summed E-state index contributed by atoms with van der Waals surface area (Å²) in [6.45, 7) is 11.6. The molecule has 0 amide bonds. The molecule has 1 N–H and O–H groups in total. The summed E-state index contributed by atoms with van der Waals surface area (Å²) >= 11 is 0. The van der Waals surface area contributed by atoms with E-state index in [2.05, 4.69) is 10.1 Å². The van der Waals surface area contributed by atoms with Crippen LogP contribution in [-0.2, 0) is 9.31 Å². The van der Waals surface area contributed by atoms with E-state index in [0.717, 1.165) is 11.0 Å². The van der Waals surface area contributed by atoms with Crippen LogP contribution in [0.4, 0.5) is 0 Å². The Balaban J connectivity index is 1.91. The fourth-order valence-electron chi connectivity index (χ4n) is 3.34. The number of nitrogens with zero attached hydrogens (tertiary/aromatic N) is 2. The van der Waals surface area contributed by atoms with Crippen LogP contribution in [0, 0.1) is 13.8 Å². The van der Waals surface area contributed by atoms with Gasteiger partial charge in [0.1, 0.15) is 11.4 Å². The Hall–Kier alpha value is -2.32. The standard InChI is InChI=1S/C18H22BN3O4/c1-10-15(11(2)24-21-10)22-13-9-7-8-12(14(13)20-16(22)23)19-25-17(3,4)18(5,6)26-19/h7-9H,1-6H3,(H,20,23). The second-order valence-electron chi connectivity index (χ2n) is 7.77. The first-order valence-corrected chi connectivity index (χ1v) is 8.65. The molecule has 0 atom stereocenters. The number of aryl methyl sites for hydroxylation is 2. The summed E-state index contributed by atoms with van der Waals surface area (Å²) in [5, 5.41) is 3.96. The summed E-state index contributed by atoms with van der Waals surface area (Å²) in [5.74, 6) is 0.589. The average molecular weight is 355 g/mol. The van der Waals surface area contributed by atoms with Gasteiger partial charge in [-0.15, -0.1) is 0 Å². The van der Waals surface area contributed by atoms with Gasteiger partial charge in [-0.05, 0) is 47.6 Å². The second-order valence-corrected chi connectivity index (χ2v) is 7.77. The maximum absolute atomic E-state index is 12.7. The molecule has 0 unspecified atom stereocenters. The number of hydrogen-bond donors (Lipinski definition) is 1. The normalized spacial score (nSPS) is 18.8. The van der Waals surface area contributed by atoms with Gasteiger partial charge < -0.3 is 18.8 Å². The van der Waals surface area contributed by atoms with Gasteiger partial charge in [0.2, 0.25) is 0 Å². The van der Waals surface area contributed by atoms with Gasteiger partial charge in [0.15, 0.2) is 5.76 Å². The Kier molecular flexibility index (Phi) is 3.52. The van der Waals surface area contributed by atoms with E-state index < -0.39 is 18.3 Å². The minimum absolute atomic E-state index is 0.252. The van der Waals surface area contributed by atoms with Gasteiger partial charge in [0.05, 0.1) is 22.2 Å². The molecule has 0 spiro atoms. The van der Waals surface area contributed by atoms with E-state index in [1.807, 2.05) is 52.8 Å². The molecule has 3 heterocycles. The minimum Gasteiger partial charge on any atom is -0.399 e. The van der Waals surface area contributed by atoms with Crippen molar-refractivity contribution in [1.29, 1.82) is 0 Å². The molecule has 4 rings (SSSR count). The maximum atomic E-state index is 12.7. The topological polar surface area (TPSA) is 82.3 Å². The first-order valence-electron chi connectivity index (χ1n) is 8.65. The maximum Gasteiger partial charge on any atom is 0.497 e. The van der Waals surface area contributed by atoms with Gasteiger partial charge in [-0.25, -0.2) is 4.79 Å². The van der Waals surface area contributed by atoms with Crippen LogP contribution >= 0.6 is 0 Å². The van der Waals surface area contributed by atoms with Gasteiger partial charge >= 0.3 is 12.8 Å². The van der Waals surface area contributed by atoms with E-state index in [1.54, 1.807) is 11.5 Å². The SMILES string of the molecule is Cc1noc(C)c1-n1c(=O)[nH]c2c(B3OC(C)(C)C(C)(C)O3)cccc21. The molecule has 0 aliphatic carbocycles. The van der Waals surface area contributed by atoms with Gasteiger partial charge in [-0.1, -0.05) is 17.3 Å². The highest BCUT2D eigenvalue weighted by atomic mass is 16.7. The summed E-state index contributed by atoms with van der Waals surface area (Å²) in [7, 11) is -0.556. The summed E-state index contributed by atoms with van der Waals surface area (Å²) < 4.78 is 19.1. The summed E-state index contributed by atoms with van der Waals surface area (Å²) in [6.07, 6.45) is 0. The van der Waals surface area contributed by atoms with Crippen LogP contribution in [0.15, 0.2) is 27.5 Å². The molecular weight excluding hydrogens is 333 g/mol. The van der Waals surface area contributed by atoms with Crippen LogP contribution in [0.2, 0.25) is 0 Å². The molecule has 0 radical (unpaired) electrons. The number of H-pyrrole nitrogens is 1. The molecule has 1 fully saturated rings. The van der Waals surface area contributed by atoms with E-state index in [1.165, 1.54) is 0 Å². The smallest absolute Gasteiger partial charge is 0.399 e. The number of imidazole rings is 1. The molecule has 1 aromatic carbocycles. The Morgan fingerprint density at radius 2 is 1.77 bits per heavy atom. The first kappa shape index (κ1) is 17.1. The van der Waals surface area contributed by atoms with Crippen LogP contribution in [-0.4, -0.2) is 33.0 Å². The Bertz CT molecular complexity index is 1020. The van der Waals surface area contributed by atoms with Gasteiger partial charge in [0, 0.05) is 5.46 Å². The lowest BCUT2D eigenvalue weighted by molar-refractivity contribution is 0.00578. The molecular formula is C18H22BN3O4. The monoisotopic (exact) mass is 355 g/mol. The predicted molar refractivity (Wildman–Crippen MR) is 99.1 cm³/mol. The van der Waals surface area contributed by atoms with Crippen LogP contribution in [0.3, 0.4) is 0 Å². The third-order valence-corrected chi connectivity index (χ3v) is 5.48. The van der Waals surface area contributed by atoms with Crippen LogP contribution in [0.5, 0.6) is 0 Å². The molecule has 0 saturated carbocycles. The fraction of sp³-hybridized carbons (Fsp3) is 0.444. The van der Waals surface area contributed by atoms with Crippen molar-refractivity contribution in [3.05, 3.63) is 40.1 Å². The number of para-hydroxylation sites is 1. The lowest BCUT2D eigenvalue weighted by Gasteiger charge is -2.32. The fourth-order valence-corrected chi connectivity index (χ4v) is 3.34. The van der Waals surface area contributed by atoms with Crippen molar-refractivity contribution in [2.75, 3.05) is 0 Å². The third kappa shape index (κ3) is 2.29. The van der Waals surface area contributed by atoms with Crippen molar-refractivity contribution in [2.45, 2.75) is 52.7 Å². The average Bonchev–Trinajstić information content (AvgIpc) is 3.11. The highest BCUT2D eigenvalue weighted by Crippen LogP contribution is 2.37. The molecule has 136 valence electrons. The second kappa shape index (κ2) is 5.34. The number of benzene rings is 1. The summed E-state index contributed by atoms with van der Waals surface area (Å²) in [6, 6.07) is 5.69. The van der Waals surface area contributed by atoms with Crippen LogP contribution in [0.1, 0.15) is 39.1 Å². The number of nitrogens with one attached hydrogen (secondary N) is 1. The molecule has 1 saturated heterocycles. The predicted octanol–water partition coefficient (Wildman–Crippen LogP) is 2.22. The number of rotatable bonds is 2. The van der Waals surface area contributed by atoms with Gasteiger partial charge in [-0.2, -0.15) is 0 Å². The molecule has 8 heteroatoms. The minimum atomic E-state index is -0.556. The lowest BCUT2D eigenvalue weighted by atomic mass is 9.78. The summed E-state index contributed by atoms with van der Waals surface area (Å²) in [5.41, 5.74) is 2.38. The van der Waals surface area contributed by atoms with E-state index in [0.29, 0.717) is 22.7 Å². The van der Waals surface area contributed by atoms with Gasteiger partial charge in [-0.3, -0.25) is 4.57 Å². The molecule has 26 heavy (non-hydrogen) atoms. The quantitative estimate of drug-likeness (QED) is 0.713.